The van der Waals surface area contributed by atoms with Crippen molar-refractivity contribution in [1.82, 2.24) is 0 Å². The Morgan fingerprint density at radius 3 is 2.22 bits per heavy atom. The van der Waals surface area contributed by atoms with Crippen LogP contribution in [0.4, 0.5) is 5.69 Å². The fraction of sp³-hybridized carbons (Fsp3) is 0.136. The Labute approximate surface area is 163 Å². The van der Waals surface area contributed by atoms with Gasteiger partial charge in [0.25, 0.3) is 0 Å². The highest BCUT2D eigenvalue weighted by atomic mass is 35.5. The van der Waals surface area contributed by atoms with Crippen LogP contribution in [0.2, 0.25) is 5.02 Å². The van der Waals surface area contributed by atoms with Gasteiger partial charge in [-0.2, -0.15) is 0 Å². The van der Waals surface area contributed by atoms with Crippen LogP contribution in [0, 0.1) is 0 Å². The van der Waals surface area contributed by atoms with Gasteiger partial charge in [-0.15, -0.1) is 0 Å². The number of aliphatic hydroxyl groups is 1. The van der Waals surface area contributed by atoms with Crippen molar-refractivity contribution in [2.75, 3.05) is 5.32 Å². The highest BCUT2D eigenvalue weighted by Gasteiger charge is 2.18. The summed E-state index contributed by atoms with van der Waals surface area (Å²) in [5, 5.41) is 14.0. The summed E-state index contributed by atoms with van der Waals surface area (Å²) in [4.78, 5) is 11.2. The van der Waals surface area contributed by atoms with E-state index in [2.05, 4.69) is 5.32 Å². The van der Waals surface area contributed by atoms with Gasteiger partial charge in [0.05, 0.1) is 12.1 Å². The summed E-state index contributed by atoms with van der Waals surface area (Å²) < 4.78 is 0. The van der Waals surface area contributed by atoms with E-state index in [4.69, 9.17) is 17.3 Å². The molecular weight excluding hydrogens is 360 g/mol. The summed E-state index contributed by atoms with van der Waals surface area (Å²) in [6, 6.07) is 21.8. The summed E-state index contributed by atoms with van der Waals surface area (Å²) in [6.45, 7) is 1.48. The molecular formula is C22H21ClN2O2. The maximum Gasteiger partial charge on any atom is 0.221 e. The quantitative estimate of drug-likeness (QED) is 0.600. The first-order valence-electron chi connectivity index (χ1n) is 8.61. The number of hydrogen-bond acceptors (Lipinski definition) is 3. The molecule has 3 aromatic carbocycles. The molecule has 1 amide bonds. The highest BCUT2D eigenvalue weighted by Crippen LogP contribution is 2.30. The van der Waals surface area contributed by atoms with Crippen molar-refractivity contribution < 1.29 is 9.90 Å². The molecule has 0 spiro atoms. The van der Waals surface area contributed by atoms with Crippen molar-refractivity contribution in [1.29, 1.82) is 0 Å². The van der Waals surface area contributed by atoms with Crippen molar-refractivity contribution in [3.05, 3.63) is 88.9 Å². The Hall–Kier alpha value is -2.66. The number of halogens is 1. The van der Waals surface area contributed by atoms with Crippen LogP contribution in [-0.2, 0) is 4.79 Å². The van der Waals surface area contributed by atoms with Gasteiger partial charge in [0.1, 0.15) is 0 Å². The smallest absolute Gasteiger partial charge is 0.221 e. The molecule has 27 heavy (non-hydrogen) atoms. The predicted octanol–water partition coefficient (Wildman–Crippen LogP) is 4.70. The maximum absolute atomic E-state index is 11.2. The van der Waals surface area contributed by atoms with E-state index in [1.54, 1.807) is 12.1 Å². The summed E-state index contributed by atoms with van der Waals surface area (Å²) in [6.07, 6.45) is -0.828. The van der Waals surface area contributed by atoms with E-state index < -0.39 is 12.1 Å². The number of hydrogen-bond donors (Lipinski definition) is 3. The SMILES string of the molecule is CC(=O)Nc1cccc(-c2ccc(C(O)C(N)c3ccc(Cl)cc3)cc2)c1. The molecule has 3 aromatic rings. The van der Waals surface area contributed by atoms with Crippen molar-refractivity contribution in [2.45, 2.75) is 19.1 Å². The molecule has 0 aliphatic rings. The predicted molar refractivity (Wildman–Crippen MR) is 110 cm³/mol. The lowest BCUT2D eigenvalue weighted by Gasteiger charge is -2.20. The summed E-state index contributed by atoms with van der Waals surface area (Å²) in [5.41, 5.74) is 10.5. The third-order valence-electron chi connectivity index (χ3n) is 4.36. The van der Waals surface area contributed by atoms with Gasteiger partial charge in [0.15, 0.2) is 0 Å². The van der Waals surface area contributed by atoms with Gasteiger partial charge < -0.3 is 16.2 Å². The molecule has 0 aliphatic heterocycles. The summed E-state index contributed by atoms with van der Waals surface area (Å²) >= 11 is 5.90. The Kier molecular flexibility index (Phi) is 5.91. The van der Waals surface area contributed by atoms with Crippen LogP contribution in [-0.4, -0.2) is 11.0 Å². The van der Waals surface area contributed by atoms with Crippen LogP contribution in [0.3, 0.4) is 0 Å². The fourth-order valence-corrected chi connectivity index (χ4v) is 3.05. The number of nitrogens with one attached hydrogen (secondary N) is 1. The third-order valence-corrected chi connectivity index (χ3v) is 4.62. The Morgan fingerprint density at radius 2 is 1.59 bits per heavy atom. The van der Waals surface area contributed by atoms with Gasteiger partial charge in [-0.3, -0.25) is 4.79 Å². The average molecular weight is 381 g/mol. The minimum atomic E-state index is -0.828. The van der Waals surface area contributed by atoms with Crippen molar-refractivity contribution in [2.24, 2.45) is 5.73 Å². The largest absolute Gasteiger partial charge is 0.386 e. The number of carbonyl (C=O) groups is 1. The van der Waals surface area contributed by atoms with Crippen LogP contribution in [0.15, 0.2) is 72.8 Å². The minimum absolute atomic E-state index is 0.109. The third kappa shape index (κ3) is 4.74. The number of aliphatic hydroxyl groups excluding tert-OH is 1. The van der Waals surface area contributed by atoms with Crippen molar-refractivity contribution in [3.8, 4) is 11.1 Å². The molecule has 4 nitrogen and oxygen atoms in total. The van der Waals surface area contributed by atoms with Gasteiger partial charge in [-0.05, 0) is 46.5 Å². The Bertz CT molecular complexity index is 924. The second-order valence-electron chi connectivity index (χ2n) is 6.41. The molecule has 3 rings (SSSR count). The molecule has 0 heterocycles. The number of rotatable bonds is 5. The fourth-order valence-electron chi connectivity index (χ4n) is 2.93. The molecule has 0 aliphatic carbocycles. The molecule has 0 saturated heterocycles. The lowest BCUT2D eigenvalue weighted by Crippen LogP contribution is -2.19. The number of anilines is 1. The Balaban J connectivity index is 1.78. The number of benzene rings is 3. The Morgan fingerprint density at radius 1 is 0.963 bits per heavy atom. The van der Waals surface area contributed by atoms with Gasteiger partial charge in [0.2, 0.25) is 5.91 Å². The normalized spacial score (nSPS) is 13.0. The molecule has 0 bridgehead atoms. The lowest BCUT2D eigenvalue weighted by molar-refractivity contribution is -0.114. The van der Waals surface area contributed by atoms with E-state index in [1.807, 2.05) is 60.7 Å². The van der Waals surface area contributed by atoms with Crippen LogP contribution in [0.5, 0.6) is 0 Å². The lowest BCUT2D eigenvalue weighted by atomic mass is 9.95. The van der Waals surface area contributed by atoms with Crippen LogP contribution in [0.25, 0.3) is 11.1 Å². The second-order valence-corrected chi connectivity index (χ2v) is 6.84. The monoisotopic (exact) mass is 380 g/mol. The minimum Gasteiger partial charge on any atom is -0.386 e. The van der Waals surface area contributed by atoms with Crippen molar-refractivity contribution in [3.63, 3.8) is 0 Å². The van der Waals surface area contributed by atoms with Gasteiger partial charge in [0, 0.05) is 17.6 Å². The van der Waals surface area contributed by atoms with Crippen molar-refractivity contribution >= 4 is 23.2 Å². The number of amides is 1. The molecule has 0 radical (unpaired) electrons. The van der Waals surface area contributed by atoms with Crippen LogP contribution < -0.4 is 11.1 Å². The highest BCUT2D eigenvalue weighted by molar-refractivity contribution is 6.30. The van der Waals surface area contributed by atoms with Gasteiger partial charge >= 0.3 is 0 Å². The molecule has 2 unspecified atom stereocenters. The van der Waals surface area contributed by atoms with E-state index in [-0.39, 0.29) is 5.91 Å². The maximum atomic E-state index is 11.2. The van der Waals surface area contributed by atoms with E-state index in [9.17, 15) is 9.90 Å². The van der Waals surface area contributed by atoms with Gasteiger partial charge in [-0.25, -0.2) is 0 Å². The first kappa shape index (κ1) is 19.1. The molecule has 0 aromatic heterocycles. The topological polar surface area (TPSA) is 75.3 Å². The van der Waals surface area contributed by atoms with Crippen LogP contribution >= 0.6 is 11.6 Å². The zero-order valence-corrected chi connectivity index (χ0v) is 15.6. The van der Waals surface area contributed by atoms with E-state index in [0.717, 1.165) is 27.9 Å². The molecule has 0 saturated carbocycles. The first-order chi connectivity index (χ1) is 12.9. The molecule has 5 heteroatoms. The number of nitrogens with two attached hydrogens (primary N) is 1. The average Bonchev–Trinajstić information content (AvgIpc) is 2.67. The van der Waals surface area contributed by atoms with Crippen LogP contribution in [0.1, 0.15) is 30.2 Å². The zero-order chi connectivity index (χ0) is 19.4. The second kappa shape index (κ2) is 8.35. The summed E-state index contributed by atoms with van der Waals surface area (Å²) in [5.74, 6) is -0.109. The molecule has 138 valence electrons. The molecule has 2 atom stereocenters. The van der Waals surface area contributed by atoms with E-state index >= 15 is 0 Å². The van der Waals surface area contributed by atoms with E-state index in [0.29, 0.717) is 5.02 Å². The molecule has 0 fully saturated rings. The number of carbonyl (C=O) groups excluding carboxylic acids is 1. The first-order valence-corrected chi connectivity index (χ1v) is 8.99. The standard InChI is InChI=1S/C22H21ClN2O2/c1-14(26)25-20-4-2-3-18(13-20)15-5-7-17(8-6-15)22(27)21(24)16-9-11-19(23)12-10-16/h2-13,21-22,27H,24H2,1H3,(H,25,26). The zero-order valence-electron chi connectivity index (χ0n) is 14.9. The summed E-state index contributed by atoms with van der Waals surface area (Å²) in [7, 11) is 0. The molecule has 4 N–H and O–H groups in total. The van der Waals surface area contributed by atoms with Gasteiger partial charge in [-0.1, -0.05) is 60.1 Å². The van der Waals surface area contributed by atoms with E-state index in [1.165, 1.54) is 6.92 Å².